The molecule has 2 aromatic carbocycles. The van der Waals surface area contributed by atoms with Crippen molar-refractivity contribution >= 4 is 27.5 Å². The first-order valence-corrected chi connectivity index (χ1v) is 10.1. The molecule has 0 saturated heterocycles. The normalized spacial score (nSPS) is 12.0. The van der Waals surface area contributed by atoms with Gasteiger partial charge in [0.15, 0.2) is 0 Å². The van der Waals surface area contributed by atoms with Crippen LogP contribution >= 0.6 is 11.6 Å². The third-order valence-electron chi connectivity index (χ3n) is 4.05. The van der Waals surface area contributed by atoms with Gasteiger partial charge in [-0.15, -0.1) is 0 Å². The molecule has 0 atom stereocenters. The molecular weight excluding hydrogens is 372 g/mol. The summed E-state index contributed by atoms with van der Waals surface area (Å²) in [5.74, 6) is -0.212. The molecule has 26 heavy (non-hydrogen) atoms. The van der Waals surface area contributed by atoms with Crippen LogP contribution in [0.5, 0.6) is 0 Å². The number of carbonyl (C=O) groups excluding carboxylic acids is 1. The number of carbonyl (C=O) groups is 1. The molecule has 0 bridgehead atoms. The highest BCUT2D eigenvalue weighted by Crippen LogP contribution is 2.22. The number of hydrogen-bond acceptors (Lipinski definition) is 3. The predicted molar refractivity (Wildman–Crippen MR) is 104 cm³/mol. The number of amides is 1. The van der Waals surface area contributed by atoms with Gasteiger partial charge in [0, 0.05) is 24.9 Å². The van der Waals surface area contributed by atoms with Crippen molar-refractivity contribution < 1.29 is 13.2 Å². The molecule has 0 spiro atoms. The Morgan fingerprint density at radius 1 is 1.04 bits per heavy atom. The lowest BCUT2D eigenvalue weighted by Gasteiger charge is -2.25. The molecule has 0 aliphatic heterocycles. The first-order chi connectivity index (χ1) is 12.2. The largest absolute Gasteiger partial charge is 0.355 e. The van der Waals surface area contributed by atoms with Crippen LogP contribution in [0.1, 0.15) is 25.8 Å². The smallest absolute Gasteiger partial charge is 0.242 e. The van der Waals surface area contributed by atoms with Crippen molar-refractivity contribution in [1.82, 2.24) is 10.0 Å². The molecule has 1 amide bonds. The van der Waals surface area contributed by atoms with Crippen LogP contribution in [0.3, 0.4) is 0 Å². The molecule has 7 heteroatoms. The molecule has 0 aliphatic rings. The zero-order valence-electron chi connectivity index (χ0n) is 14.8. The number of nitrogens with one attached hydrogen (secondary N) is 2. The van der Waals surface area contributed by atoms with Crippen molar-refractivity contribution in [3.63, 3.8) is 0 Å². The highest BCUT2D eigenvalue weighted by atomic mass is 35.5. The summed E-state index contributed by atoms with van der Waals surface area (Å²) in [4.78, 5) is 12.0. The Morgan fingerprint density at radius 3 is 2.31 bits per heavy atom. The second-order valence-electron chi connectivity index (χ2n) is 6.60. The van der Waals surface area contributed by atoms with Gasteiger partial charge in [-0.2, -0.15) is 0 Å². The van der Waals surface area contributed by atoms with E-state index in [1.807, 2.05) is 44.2 Å². The standard InChI is InChI=1S/C19H23ClN2O3S/c1-19(2,15-8-4-3-5-9-15)14-21-18(23)12-13-22-26(24,25)17-11-7-6-10-16(17)20/h3-11,22H,12-14H2,1-2H3,(H,21,23). The third-order valence-corrected chi connectivity index (χ3v) is 6.01. The summed E-state index contributed by atoms with van der Waals surface area (Å²) >= 11 is 5.91. The number of hydrogen-bond donors (Lipinski definition) is 2. The fourth-order valence-electron chi connectivity index (χ4n) is 2.44. The molecule has 0 fully saturated rings. The quantitative estimate of drug-likeness (QED) is 0.722. The van der Waals surface area contributed by atoms with Gasteiger partial charge in [0.25, 0.3) is 0 Å². The molecule has 0 aromatic heterocycles. The fourth-order valence-corrected chi connectivity index (χ4v) is 3.99. The van der Waals surface area contributed by atoms with Gasteiger partial charge in [0.05, 0.1) is 5.02 Å². The maximum absolute atomic E-state index is 12.2. The fraction of sp³-hybridized carbons (Fsp3) is 0.316. The lowest BCUT2D eigenvalue weighted by atomic mass is 9.84. The minimum atomic E-state index is -3.73. The average molecular weight is 395 g/mol. The average Bonchev–Trinajstić information content (AvgIpc) is 2.61. The molecule has 2 rings (SSSR count). The molecule has 0 aliphatic carbocycles. The van der Waals surface area contributed by atoms with Crippen LogP contribution in [-0.4, -0.2) is 27.4 Å². The van der Waals surface area contributed by atoms with E-state index in [-0.39, 0.29) is 34.2 Å². The SMILES string of the molecule is CC(C)(CNC(=O)CCNS(=O)(=O)c1ccccc1Cl)c1ccccc1. The second kappa shape index (κ2) is 8.66. The Bertz CT molecular complexity index is 852. The van der Waals surface area contributed by atoms with Gasteiger partial charge >= 0.3 is 0 Å². The van der Waals surface area contributed by atoms with E-state index in [1.165, 1.54) is 12.1 Å². The first-order valence-electron chi connectivity index (χ1n) is 8.29. The molecule has 0 unspecified atom stereocenters. The van der Waals surface area contributed by atoms with Crippen molar-refractivity contribution in [3.05, 3.63) is 65.2 Å². The molecular formula is C19H23ClN2O3S. The molecule has 0 radical (unpaired) electrons. The van der Waals surface area contributed by atoms with Crippen molar-refractivity contribution in [2.45, 2.75) is 30.6 Å². The van der Waals surface area contributed by atoms with Gasteiger partial charge in [-0.3, -0.25) is 4.79 Å². The maximum Gasteiger partial charge on any atom is 0.242 e. The summed E-state index contributed by atoms with van der Waals surface area (Å²) in [5, 5.41) is 3.01. The molecule has 0 heterocycles. The van der Waals surface area contributed by atoms with E-state index in [1.54, 1.807) is 12.1 Å². The predicted octanol–water partition coefficient (Wildman–Crippen LogP) is 3.10. The van der Waals surface area contributed by atoms with E-state index in [4.69, 9.17) is 11.6 Å². The molecule has 2 N–H and O–H groups in total. The maximum atomic E-state index is 12.2. The Morgan fingerprint density at radius 2 is 1.65 bits per heavy atom. The summed E-state index contributed by atoms with van der Waals surface area (Å²) in [7, 11) is -3.73. The lowest BCUT2D eigenvalue weighted by molar-refractivity contribution is -0.121. The van der Waals surface area contributed by atoms with E-state index >= 15 is 0 Å². The Kier molecular flexibility index (Phi) is 6.81. The zero-order chi connectivity index (χ0) is 19.2. The van der Waals surface area contributed by atoms with Crippen molar-refractivity contribution in [1.29, 1.82) is 0 Å². The van der Waals surface area contributed by atoms with Crippen molar-refractivity contribution in [2.75, 3.05) is 13.1 Å². The number of rotatable bonds is 8. The van der Waals surface area contributed by atoms with E-state index in [2.05, 4.69) is 10.0 Å². The summed E-state index contributed by atoms with van der Waals surface area (Å²) in [6.45, 7) is 4.56. The second-order valence-corrected chi connectivity index (χ2v) is 8.75. The molecule has 5 nitrogen and oxygen atoms in total. The van der Waals surface area contributed by atoms with Crippen molar-refractivity contribution in [3.8, 4) is 0 Å². The number of benzene rings is 2. The summed E-state index contributed by atoms with van der Waals surface area (Å²) < 4.78 is 26.8. The summed E-state index contributed by atoms with van der Waals surface area (Å²) in [6.07, 6.45) is 0.0502. The van der Waals surface area contributed by atoms with Gasteiger partial charge in [0.2, 0.25) is 15.9 Å². The van der Waals surface area contributed by atoms with Crippen molar-refractivity contribution in [2.24, 2.45) is 0 Å². The van der Waals surface area contributed by atoms with Crippen LogP contribution in [0, 0.1) is 0 Å². The highest BCUT2D eigenvalue weighted by Gasteiger charge is 2.21. The summed E-state index contributed by atoms with van der Waals surface area (Å²) in [5.41, 5.74) is 0.910. The molecule has 0 saturated carbocycles. The first kappa shape index (κ1) is 20.4. The number of sulfonamides is 1. The Labute approximate surface area is 159 Å². The van der Waals surface area contributed by atoms with Gasteiger partial charge in [-0.05, 0) is 17.7 Å². The Hall–Kier alpha value is -1.89. The van der Waals surface area contributed by atoms with E-state index in [0.29, 0.717) is 6.54 Å². The van der Waals surface area contributed by atoms with Gasteiger partial charge < -0.3 is 5.32 Å². The van der Waals surface area contributed by atoms with Gasteiger partial charge in [0.1, 0.15) is 4.90 Å². The van der Waals surface area contributed by atoms with Gasteiger partial charge in [-0.25, -0.2) is 13.1 Å². The Balaban J connectivity index is 1.83. The lowest BCUT2D eigenvalue weighted by Crippen LogP contribution is -2.38. The van der Waals surface area contributed by atoms with Crippen LogP contribution in [0.25, 0.3) is 0 Å². The monoisotopic (exact) mass is 394 g/mol. The van der Waals surface area contributed by atoms with E-state index in [0.717, 1.165) is 5.56 Å². The van der Waals surface area contributed by atoms with Crippen LogP contribution in [-0.2, 0) is 20.2 Å². The minimum Gasteiger partial charge on any atom is -0.355 e. The minimum absolute atomic E-state index is 0.00511. The highest BCUT2D eigenvalue weighted by molar-refractivity contribution is 7.89. The van der Waals surface area contributed by atoms with E-state index < -0.39 is 10.0 Å². The summed E-state index contributed by atoms with van der Waals surface area (Å²) in [6, 6.07) is 16.1. The van der Waals surface area contributed by atoms with Crippen LogP contribution in [0.4, 0.5) is 0 Å². The van der Waals surface area contributed by atoms with Gasteiger partial charge in [-0.1, -0.05) is 67.9 Å². The van der Waals surface area contributed by atoms with E-state index in [9.17, 15) is 13.2 Å². The topological polar surface area (TPSA) is 75.3 Å². The van der Waals surface area contributed by atoms with Crippen LogP contribution in [0.15, 0.2) is 59.5 Å². The molecule has 2 aromatic rings. The number of halogens is 1. The van der Waals surface area contributed by atoms with Crippen LogP contribution in [0.2, 0.25) is 5.02 Å². The molecule has 140 valence electrons. The third kappa shape index (κ3) is 5.56. The zero-order valence-corrected chi connectivity index (χ0v) is 16.4. The van der Waals surface area contributed by atoms with Crippen LogP contribution < -0.4 is 10.0 Å².